The van der Waals surface area contributed by atoms with Crippen LogP contribution in [0.5, 0.6) is 0 Å². The summed E-state index contributed by atoms with van der Waals surface area (Å²) in [4.78, 5) is 2.55. The summed E-state index contributed by atoms with van der Waals surface area (Å²) < 4.78 is 5.35. The van der Waals surface area contributed by atoms with Crippen LogP contribution in [0.1, 0.15) is 40.0 Å². The van der Waals surface area contributed by atoms with Crippen molar-refractivity contribution in [2.75, 3.05) is 26.8 Å². The number of rotatable bonds is 6. The topological polar surface area (TPSA) is 12.5 Å². The molecule has 84 valence electrons. The fourth-order valence-corrected chi connectivity index (χ4v) is 2.42. The summed E-state index contributed by atoms with van der Waals surface area (Å²) in [6.45, 7) is 10.1. The van der Waals surface area contributed by atoms with E-state index in [0.29, 0.717) is 11.5 Å². The van der Waals surface area contributed by atoms with Crippen molar-refractivity contribution in [2.24, 2.45) is 5.41 Å². The van der Waals surface area contributed by atoms with Gasteiger partial charge in [-0.05, 0) is 33.2 Å². The summed E-state index contributed by atoms with van der Waals surface area (Å²) in [5.41, 5.74) is 0.481. The van der Waals surface area contributed by atoms with E-state index < -0.39 is 0 Å². The van der Waals surface area contributed by atoms with E-state index in [1.54, 1.807) is 0 Å². The molecule has 2 nitrogen and oxygen atoms in total. The Balaban J connectivity index is 2.45. The number of hydrogen-bond donors (Lipinski definition) is 0. The van der Waals surface area contributed by atoms with Gasteiger partial charge in [0.15, 0.2) is 0 Å². The third-order valence-corrected chi connectivity index (χ3v) is 3.54. The Morgan fingerprint density at radius 2 is 2.00 bits per heavy atom. The SMILES string of the molecule is CCN(CC1(COC)CCC1)C(C)C. The van der Waals surface area contributed by atoms with E-state index in [0.717, 1.165) is 13.2 Å². The van der Waals surface area contributed by atoms with E-state index in [4.69, 9.17) is 4.74 Å². The Morgan fingerprint density at radius 3 is 2.29 bits per heavy atom. The van der Waals surface area contributed by atoms with Crippen LogP contribution in [-0.2, 0) is 4.74 Å². The average molecular weight is 199 g/mol. The van der Waals surface area contributed by atoms with Gasteiger partial charge in [-0.3, -0.25) is 0 Å². The summed E-state index contributed by atoms with van der Waals surface area (Å²) in [6, 6.07) is 0.661. The molecule has 1 aliphatic rings. The zero-order valence-electron chi connectivity index (χ0n) is 10.2. The van der Waals surface area contributed by atoms with Crippen LogP contribution < -0.4 is 0 Å². The maximum absolute atomic E-state index is 5.35. The molecule has 1 aliphatic carbocycles. The summed E-state index contributed by atoms with van der Waals surface area (Å²) >= 11 is 0. The van der Waals surface area contributed by atoms with Crippen molar-refractivity contribution in [1.29, 1.82) is 0 Å². The molecule has 0 bridgehead atoms. The second kappa shape index (κ2) is 5.13. The molecule has 0 aromatic rings. The van der Waals surface area contributed by atoms with Gasteiger partial charge in [0.1, 0.15) is 0 Å². The average Bonchev–Trinajstić information content (AvgIpc) is 2.09. The van der Waals surface area contributed by atoms with Crippen molar-refractivity contribution in [3.63, 3.8) is 0 Å². The molecule has 0 heterocycles. The molecule has 1 saturated carbocycles. The first-order valence-electron chi connectivity index (χ1n) is 5.86. The Morgan fingerprint density at radius 1 is 1.36 bits per heavy atom. The lowest BCUT2D eigenvalue weighted by molar-refractivity contribution is -0.0170. The van der Waals surface area contributed by atoms with Gasteiger partial charge >= 0.3 is 0 Å². The number of hydrogen-bond acceptors (Lipinski definition) is 2. The number of ether oxygens (including phenoxy) is 1. The van der Waals surface area contributed by atoms with E-state index in [1.165, 1.54) is 25.8 Å². The Hall–Kier alpha value is -0.0800. The Kier molecular flexibility index (Phi) is 4.39. The summed E-state index contributed by atoms with van der Waals surface area (Å²) in [7, 11) is 1.83. The highest BCUT2D eigenvalue weighted by atomic mass is 16.5. The van der Waals surface area contributed by atoms with E-state index in [9.17, 15) is 0 Å². The highest BCUT2D eigenvalue weighted by Crippen LogP contribution is 2.41. The van der Waals surface area contributed by atoms with Crippen LogP contribution in [0.2, 0.25) is 0 Å². The fourth-order valence-electron chi connectivity index (χ4n) is 2.42. The van der Waals surface area contributed by atoms with Gasteiger partial charge in [0.2, 0.25) is 0 Å². The summed E-state index contributed by atoms with van der Waals surface area (Å²) in [5.74, 6) is 0. The van der Waals surface area contributed by atoms with Gasteiger partial charge in [0.25, 0.3) is 0 Å². The van der Waals surface area contributed by atoms with Crippen LogP contribution in [0, 0.1) is 5.41 Å². The number of methoxy groups -OCH3 is 1. The maximum atomic E-state index is 5.35. The van der Waals surface area contributed by atoms with Crippen LogP contribution in [0.4, 0.5) is 0 Å². The summed E-state index contributed by atoms with van der Waals surface area (Å²) in [6.07, 6.45) is 4.09. The third kappa shape index (κ3) is 2.71. The first-order chi connectivity index (χ1) is 6.63. The first kappa shape index (κ1) is 12.0. The molecule has 0 aromatic heterocycles. The molecule has 1 rings (SSSR count). The van der Waals surface area contributed by atoms with Crippen molar-refractivity contribution < 1.29 is 4.74 Å². The second-order valence-corrected chi connectivity index (χ2v) is 4.94. The van der Waals surface area contributed by atoms with Crippen molar-refractivity contribution in [2.45, 2.75) is 46.1 Å². The minimum atomic E-state index is 0.481. The normalized spacial score (nSPS) is 20.1. The van der Waals surface area contributed by atoms with Crippen molar-refractivity contribution >= 4 is 0 Å². The van der Waals surface area contributed by atoms with Gasteiger partial charge < -0.3 is 9.64 Å². The quantitative estimate of drug-likeness (QED) is 0.652. The van der Waals surface area contributed by atoms with Crippen molar-refractivity contribution in [3.05, 3.63) is 0 Å². The van der Waals surface area contributed by atoms with Gasteiger partial charge in [-0.25, -0.2) is 0 Å². The van der Waals surface area contributed by atoms with E-state index in [1.807, 2.05) is 7.11 Å². The molecule has 0 unspecified atom stereocenters. The highest BCUT2D eigenvalue weighted by Gasteiger charge is 2.38. The zero-order valence-corrected chi connectivity index (χ0v) is 10.2. The maximum Gasteiger partial charge on any atom is 0.0530 e. The van der Waals surface area contributed by atoms with Crippen LogP contribution in [0.3, 0.4) is 0 Å². The lowest BCUT2D eigenvalue weighted by Gasteiger charge is -2.45. The molecule has 0 amide bonds. The monoisotopic (exact) mass is 199 g/mol. The van der Waals surface area contributed by atoms with Gasteiger partial charge in [-0.15, -0.1) is 0 Å². The molecular formula is C12H25NO. The molecule has 0 atom stereocenters. The van der Waals surface area contributed by atoms with Gasteiger partial charge in [-0.2, -0.15) is 0 Å². The first-order valence-corrected chi connectivity index (χ1v) is 5.86. The smallest absolute Gasteiger partial charge is 0.0530 e. The van der Waals surface area contributed by atoms with Gasteiger partial charge in [0.05, 0.1) is 6.61 Å². The minimum Gasteiger partial charge on any atom is -0.384 e. The molecule has 1 fully saturated rings. The van der Waals surface area contributed by atoms with E-state index in [2.05, 4.69) is 25.7 Å². The van der Waals surface area contributed by atoms with Crippen molar-refractivity contribution in [1.82, 2.24) is 4.90 Å². The van der Waals surface area contributed by atoms with Crippen molar-refractivity contribution in [3.8, 4) is 0 Å². The van der Waals surface area contributed by atoms with E-state index in [-0.39, 0.29) is 0 Å². The molecule has 0 aromatic carbocycles. The molecule has 0 N–H and O–H groups in total. The molecule has 0 spiro atoms. The molecular weight excluding hydrogens is 174 g/mol. The molecule has 0 radical (unpaired) electrons. The highest BCUT2D eigenvalue weighted by molar-refractivity contribution is 4.90. The van der Waals surface area contributed by atoms with Crippen LogP contribution in [0.25, 0.3) is 0 Å². The lowest BCUT2D eigenvalue weighted by Crippen LogP contribution is -2.47. The molecule has 14 heavy (non-hydrogen) atoms. The largest absolute Gasteiger partial charge is 0.384 e. The zero-order chi connectivity index (χ0) is 10.6. The number of nitrogens with zero attached hydrogens (tertiary/aromatic N) is 1. The summed E-state index contributed by atoms with van der Waals surface area (Å²) in [5, 5.41) is 0. The van der Waals surface area contributed by atoms with Gasteiger partial charge in [0, 0.05) is 25.1 Å². The van der Waals surface area contributed by atoms with Crippen LogP contribution in [-0.4, -0.2) is 37.7 Å². The molecule has 2 heteroatoms. The standard InChI is InChI=1S/C12H25NO/c1-5-13(11(2)3)9-12(10-14-4)7-6-8-12/h11H,5-10H2,1-4H3. The van der Waals surface area contributed by atoms with E-state index >= 15 is 0 Å². The lowest BCUT2D eigenvalue weighted by atomic mass is 9.69. The predicted molar refractivity (Wildman–Crippen MR) is 60.5 cm³/mol. The molecule has 0 saturated heterocycles. The Bertz CT molecular complexity index is 164. The second-order valence-electron chi connectivity index (χ2n) is 4.94. The van der Waals surface area contributed by atoms with Gasteiger partial charge in [-0.1, -0.05) is 13.3 Å². The Labute approximate surface area is 88.6 Å². The van der Waals surface area contributed by atoms with Crippen LogP contribution >= 0.6 is 0 Å². The fraction of sp³-hybridized carbons (Fsp3) is 1.00. The minimum absolute atomic E-state index is 0.481. The molecule has 0 aliphatic heterocycles. The third-order valence-electron chi connectivity index (χ3n) is 3.54. The van der Waals surface area contributed by atoms with Crippen LogP contribution in [0.15, 0.2) is 0 Å². The predicted octanol–water partition coefficient (Wildman–Crippen LogP) is 2.53.